The molecule has 0 fully saturated rings. The summed E-state index contributed by atoms with van der Waals surface area (Å²) in [5.41, 5.74) is 0.507. The van der Waals surface area contributed by atoms with Gasteiger partial charge in [-0.1, -0.05) is 19.1 Å². The van der Waals surface area contributed by atoms with Gasteiger partial charge in [-0.3, -0.25) is 4.79 Å². The van der Waals surface area contributed by atoms with Crippen molar-refractivity contribution in [3.8, 4) is 5.75 Å². The van der Waals surface area contributed by atoms with Crippen LogP contribution in [0, 0.1) is 10.7 Å². The average molecular weight is 593 g/mol. The zero-order valence-electron chi connectivity index (χ0n) is 10.1. The molecule has 0 bridgehead atoms. The van der Waals surface area contributed by atoms with Gasteiger partial charge in [0, 0.05) is 17.3 Å². The summed E-state index contributed by atoms with van der Waals surface area (Å²) in [5, 5.41) is 14.6. The van der Waals surface area contributed by atoms with Crippen LogP contribution in [0.15, 0.2) is 6.07 Å². The van der Waals surface area contributed by atoms with Gasteiger partial charge in [-0.05, 0) is 80.3 Å². The van der Waals surface area contributed by atoms with Gasteiger partial charge in [0.2, 0.25) is 0 Å². The van der Waals surface area contributed by atoms with Crippen LogP contribution in [0.1, 0.15) is 30.1 Å². The zero-order chi connectivity index (χ0) is 13.0. The first-order valence-electron chi connectivity index (χ1n) is 5.11. The van der Waals surface area contributed by atoms with Gasteiger partial charge in [-0.25, -0.2) is 0 Å². The number of benzene rings is 1. The minimum absolute atomic E-state index is 0. The van der Waals surface area contributed by atoms with Crippen molar-refractivity contribution >= 4 is 73.7 Å². The molecule has 0 saturated carbocycles. The Morgan fingerprint density at radius 1 is 1.33 bits per heavy atom. The molecule has 94 valence electrons. The first-order valence-corrected chi connectivity index (χ1v) is 8.35. The maximum absolute atomic E-state index is 12.0. The Morgan fingerprint density at radius 2 is 1.94 bits per heavy atom. The van der Waals surface area contributed by atoms with E-state index in [1.165, 1.54) is 0 Å². The summed E-state index contributed by atoms with van der Waals surface area (Å²) in [6.45, 7) is 2.72. The molecule has 0 radical (unpaired) electrons. The Kier molecular flexibility index (Phi) is 10.5. The third kappa shape index (κ3) is 5.23. The van der Waals surface area contributed by atoms with Gasteiger partial charge in [-0.2, -0.15) is 0 Å². The van der Waals surface area contributed by atoms with E-state index in [4.69, 9.17) is 0 Å². The molecule has 18 heavy (non-hydrogen) atoms. The van der Waals surface area contributed by atoms with Gasteiger partial charge in [-0.15, -0.1) is 0 Å². The summed E-state index contributed by atoms with van der Waals surface area (Å²) in [6, 6.07) is 1.75. The number of hydrogen-bond donors (Lipinski definition) is 1. The van der Waals surface area contributed by atoms with Crippen LogP contribution < -0.4 is 40.0 Å². The molecule has 7 heteroatoms. The third-order valence-corrected chi connectivity index (χ3v) is 4.85. The number of carbonyl (C=O) groups is 1. The fourth-order valence-corrected chi connectivity index (χ4v) is 5.11. The van der Waals surface area contributed by atoms with Crippen LogP contribution in [0.2, 0.25) is 0 Å². The van der Waals surface area contributed by atoms with Crippen LogP contribution in [0.5, 0.6) is 5.75 Å². The summed E-state index contributed by atoms with van der Waals surface area (Å²) in [7, 11) is 0. The normalized spacial score (nSPS) is 9.78. The first kappa shape index (κ1) is 19.7. The van der Waals surface area contributed by atoms with Crippen molar-refractivity contribution in [2.75, 3.05) is 6.54 Å². The standard InChI is InChI=1S/C11H12I3NO2.Na/c1-2-3-4-15-11(17)8-6(12)5-7(13)10(16)9(8)14;/h5,16H,2-4H2,1H3,(H,15,17);/q;+1/p-1. The van der Waals surface area contributed by atoms with Gasteiger partial charge in [0.25, 0.3) is 5.91 Å². The SMILES string of the molecule is CCCCNC(=O)c1c(I)cc(I)c([O-])c1I.[Na+]. The Hall–Kier alpha value is 1.68. The molecular weight excluding hydrogens is 582 g/mol. The van der Waals surface area contributed by atoms with E-state index in [2.05, 4.69) is 34.8 Å². The van der Waals surface area contributed by atoms with E-state index < -0.39 is 0 Å². The molecule has 0 saturated heterocycles. The largest absolute Gasteiger partial charge is 1.00 e. The molecule has 0 aliphatic heterocycles. The van der Waals surface area contributed by atoms with Crippen LogP contribution in [0.3, 0.4) is 0 Å². The molecule has 0 unspecified atom stereocenters. The van der Waals surface area contributed by atoms with Gasteiger partial charge in [0.1, 0.15) is 0 Å². The van der Waals surface area contributed by atoms with Crippen molar-refractivity contribution in [3.05, 3.63) is 22.3 Å². The Labute approximate surface area is 170 Å². The van der Waals surface area contributed by atoms with Crippen LogP contribution in [-0.4, -0.2) is 12.5 Å². The molecule has 1 rings (SSSR count). The van der Waals surface area contributed by atoms with Crippen molar-refractivity contribution in [2.24, 2.45) is 0 Å². The van der Waals surface area contributed by atoms with Crippen LogP contribution in [-0.2, 0) is 0 Å². The van der Waals surface area contributed by atoms with Crippen LogP contribution >= 0.6 is 67.8 Å². The number of amides is 1. The maximum atomic E-state index is 12.0. The maximum Gasteiger partial charge on any atom is 1.00 e. The summed E-state index contributed by atoms with van der Waals surface area (Å²) in [4.78, 5) is 12.0. The molecule has 0 aliphatic carbocycles. The second-order valence-corrected chi connectivity index (χ2v) is 6.87. The molecule has 1 N–H and O–H groups in total. The second-order valence-electron chi connectivity index (χ2n) is 3.47. The van der Waals surface area contributed by atoms with Gasteiger partial charge >= 0.3 is 29.6 Å². The van der Waals surface area contributed by atoms with E-state index in [9.17, 15) is 9.90 Å². The molecular formula is C11H11I3NNaO2. The van der Waals surface area contributed by atoms with Gasteiger partial charge < -0.3 is 10.4 Å². The predicted octanol–water partition coefficient (Wildman–Crippen LogP) is 0.108. The monoisotopic (exact) mass is 593 g/mol. The topological polar surface area (TPSA) is 52.2 Å². The molecule has 0 spiro atoms. The second kappa shape index (κ2) is 9.59. The minimum atomic E-state index is -0.152. The van der Waals surface area contributed by atoms with Crippen molar-refractivity contribution in [3.63, 3.8) is 0 Å². The zero-order valence-corrected chi connectivity index (χ0v) is 18.6. The number of nitrogens with one attached hydrogen (secondary N) is 1. The Balaban J connectivity index is 0.00000289. The summed E-state index contributed by atoms with van der Waals surface area (Å²) in [6.07, 6.45) is 1.99. The molecule has 0 heterocycles. The van der Waals surface area contributed by atoms with E-state index in [-0.39, 0.29) is 41.2 Å². The summed E-state index contributed by atoms with van der Waals surface area (Å²) >= 11 is 6.04. The van der Waals surface area contributed by atoms with Crippen molar-refractivity contribution < 1.29 is 39.5 Å². The molecule has 0 atom stereocenters. The van der Waals surface area contributed by atoms with E-state index in [1.54, 1.807) is 6.07 Å². The van der Waals surface area contributed by atoms with Crippen LogP contribution in [0.4, 0.5) is 0 Å². The van der Waals surface area contributed by atoms with Gasteiger partial charge in [0.15, 0.2) is 0 Å². The smallest absolute Gasteiger partial charge is 0.871 e. The summed E-state index contributed by atoms with van der Waals surface area (Å²) < 4.78 is 1.99. The molecule has 3 nitrogen and oxygen atoms in total. The van der Waals surface area contributed by atoms with Crippen molar-refractivity contribution in [2.45, 2.75) is 19.8 Å². The van der Waals surface area contributed by atoms with E-state index in [0.29, 0.717) is 19.2 Å². The van der Waals surface area contributed by atoms with E-state index >= 15 is 0 Å². The fourth-order valence-electron chi connectivity index (χ4n) is 1.25. The average Bonchev–Trinajstić information content (AvgIpc) is 2.26. The number of halogens is 3. The Bertz CT molecular complexity index is 441. The van der Waals surface area contributed by atoms with E-state index in [1.807, 2.05) is 45.2 Å². The number of carbonyl (C=O) groups excluding carboxylic acids is 1. The number of rotatable bonds is 4. The van der Waals surface area contributed by atoms with Crippen molar-refractivity contribution in [1.82, 2.24) is 5.32 Å². The molecule has 1 aromatic rings. The summed E-state index contributed by atoms with van der Waals surface area (Å²) in [5.74, 6) is -0.215. The fraction of sp³-hybridized carbons (Fsp3) is 0.364. The predicted molar refractivity (Wildman–Crippen MR) is 91.3 cm³/mol. The van der Waals surface area contributed by atoms with Crippen molar-refractivity contribution in [1.29, 1.82) is 0 Å². The molecule has 0 aromatic heterocycles. The first-order chi connectivity index (χ1) is 7.99. The molecule has 1 aromatic carbocycles. The van der Waals surface area contributed by atoms with Gasteiger partial charge in [0.05, 0.1) is 5.56 Å². The molecule has 0 aliphatic rings. The molecule has 1 amide bonds. The quantitative estimate of drug-likeness (QED) is 0.307. The number of hydrogen-bond acceptors (Lipinski definition) is 2. The minimum Gasteiger partial charge on any atom is -0.871 e. The number of unbranched alkanes of at least 4 members (excludes halogenated alkanes) is 1. The Morgan fingerprint density at radius 3 is 2.50 bits per heavy atom. The van der Waals surface area contributed by atoms with Crippen LogP contribution in [0.25, 0.3) is 0 Å². The van der Waals surface area contributed by atoms with E-state index in [0.717, 1.165) is 16.4 Å². The third-order valence-electron chi connectivity index (χ3n) is 2.17.